The van der Waals surface area contributed by atoms with E-state index in [4.69, 9.17) is 5.11 Å². The summed E-state index contributed by atoms with van der Waals surface area (Å²) in [5, 5.41) is 23.1. The van der Waals surface area contributed by atoms with Crippen LogP contribution in [0.2, 0.25) is 0 Å². The van der Waals surface area contributed by atoms with Crippen LogP contribution in [0.4, 0.5) is 29.3 Å². The molecule has 3 aromatic rings. The highest BCUT2D eigenvalue weighted by Gasteiger charge is 2.31. The standard InChI is InChI=1S/C31H31BrF3N3O5/c32-24-14-23(31(33,34)35)15-25(16-24)37-30(43)38(26-12-10-21(11-13-26)20-4-2-1-3-5-20)18-19-6-8-22(9-7-19)28(40)36-17-27(39)29(41)42/h6-16,20,27,39H,1-5,17-18H2,(H,36,40)(H,37,43)(H,41,42)/t27-/m1/s1. The molecule has 228 valence electrons. The number of aliphatic hydroxyl groups is 1. The van der Waals surface area contributed by atoms with Crippen LogP contribution < -0.4 is 15.5 Å². The van der Waals surface area contributed by atoms with Crippen molar-refractivity contribution >= 4 is 45.2 Å². The number of hydrogen-bond acceptors (Lipinski definition) is 4. The van der Waals surface area contributed by atoms with Gasteiger partial charge in [0.1, 0.15) is 0 Å². The molecular formula is C31H31BrF3N3O5. The first kappa shape index (κ1) is 32.0. The molecule has 4 rings (SSSR count). The molecule has 3 aromatic carbocycles. The molecular weight excluding hydrogens is 631 g/mol. The summed E-state index contributed by atoms with van der Waals surface area (Å²) in [7, 11) is 0. The molecule has 0 aromatic heterocycles. The summed E-state index contributed by atoms with van der Waals surface area (Å²) in [4.78, 5) is 38.1. The van der Waals surface area contributed by atoms with Crippen molar-refractivity contribution < 1.29 is 37.8 Å². The average molecular weight is 663 g/mol. The van der Waals surface area contributed by atoms with Crippen molar-refractivity contribution in [2.75, 3.05) is 16.8 Å². The number of nitrogens with one attached hydrogen (secondary N) is 2. The first-order valence-electron chi connectivity index (χ1n) is 13.7. The van der Waals surface area contributed by atoms with Gasteiger partial charge in [0.2, 0.25) is 0 Å². The van der Waals surface area contributed by atoms with Gasteiger partial charge in [0, 0.05) is 21.4 Å². The van der Waals surface area contributed by atoms with Crippen molar-refractivity contribution in [3.8, 4) is 0 Å². The van der Waals surface area contributed by atoms with Gasteiger partial charge < -0.3 is 20.8 Å². The second kappa shape index (κ2) is 14.0. The first-order chi connectivity index (χ1) is 20.4. The summed E-state index contributed by atoms with van der Waals surface area (Å²) in [5.74, 6) is -1.60. The Morgan fingerprint density at radius 1 is 0.953 bits per heavy atom. The smallest absolute Gasteiger partial charge is 0.416 e. The highest BCUT2D eigenvalue weighted by atomic mass is 79.9. The fourth-order valence-corrected chi connectivity index (χ4v) is 5.48. The normalized spacial score (nSPS) is 14.5. The minimum atomic E-state index is -4.60. The minimum Gasteiger partial charge on any atom is -0.479 e. The molecule has 1 aliphatic rings. The number of halogens is 4. The zero-order valence-corrected chi connectivity index (χ0v) is 24.6. The third kappa shape index (κ3) is 8.80. The molecule has 12 heteroatoms. The van der Waals surface area contributed by atoms with E-state index in [9.17, 15) is 32.7 Å². The number of benzene rings is 3. The third-order valence-electron chi connectivity index (χ3n) is 7.30. The second-order valence-corrected chi connectivity index (χ2v) is 11.3. The van der Waals surface area contributed by atoms with Crippen LogP contribution in [0.15, 0.2) is 71.2 Å². The lowest BCUT2D eigenvalue weighted by Gasteiger charge is -2.26. The van der Waals surface area contributed by atoms with E-state index in [-0.39, 0.29) is 22.3 Å². The van der Waals surface area contributed by atoms with Gasteiger partial charge in [-0.3, -0.25) is 9.69 Å². The maximum Gasteiger partial charge on any atom is 0.416 e. The van der Waals surface area contributed by atoms with Gasteiger partial charge in [-0.1, -0.05) is 59.5 Å². The van der Waals surface area contributed by atoms with E-state index in [2.05, 4.69) is 26.6 Å². The monoisotopic (exact) mass is 661 g/mol. The Hall–Kier alpha value is -3.90. The molecule has 43 heavy (non-hydrogen) atoms. The Labute approximate surface area is 255 Å². The molecule has 8 nitrogen and oxygen atoms in total. The van der Waals surface area contributed by atoms with E-state index in [0.29, 0.717) is 17.2 Å². The van der Waals surface area contributed by atoms with E-state index in [1.165, 1.54) is 47.9 Å². The number of carbonyl (C=O) groups excluding carboxylic acids is 2. The topological polar surface area (TPSA) is 119 Å². The van der Waals surface area contributed by atoms with Gasteiger partial charge in [-0.2, -0.15) is 13.2 Å². The quantitative estimate of drug-likeness (QED) is 0.198. The molecule has 1 fully saturated rings. The van der Waals surface area contributed by atoms with Crippen LogP contribution in [-0.4, -0.2) is 40.8 Å². The average Bonchev–Trinajstić information content (AvgIpc) is 2.98. The Morgan fingerprint density at radius 2 is 1.60 bits per heavy atom. The first-order valence-corrected chi connectivity index (χ1v) is 14.5. The number of amides is 3. The number of rotatable bonds is 9. The highest BCUT2D eigenvalue weighted by Crippen LogP contribution is 2.35. The Balaban J connectivity index is 1.56. The summed E-state index contributed by atoms with van der Waals surface area (Å²) >= 11 is 3.08. The Kier molecular flexibility index (Phi) is 10.5. The van der Waals surface area contributed by atoms with Gasteiger partial charge in [0.15, 0.2) is 6.10 Å². The number of carboxylic acid groups (broad SMARTS) is 1. The highest BCUT2D eigenvalue weighted by molar-refractivity contribution is 9.10. The predicted molar refractivity (Wildman–Crippen MR) is 159 cm³/mol. The summed E-state index contributed by atoms with van der Waals surface area (Å²) in [6, 6.07) is 16.3. The van der Waals surface area contributed by atoms with Gasteiger partial charge in [-0.15, -0.1) is 0 Å². The Morgan fingerprint density at radius 3 is 2.21 bits per heavy atom. The number of alkyl halides is 3. The number of carboxylic acids is 1. The molecule has 1 aliphatic carbocycles. The van der Waals surface area contributed by atoms with Crippen molar-refractivity contribution in [2.45, 2.75) is 56.8 Å². The van der Waals surface area contributed by atoms with E-state index in [1.807, 2.05) is 24.3 Å². The molecule has 0 saturated heterocycles. The zero-order chi connectivity index (χ0) is 31.1. The van der Waals surface area contributed by atoms with Gasteiger partial charge in [-0.25, -0.2) is 9.59 Å². The predicted octanol–water partition coefficient (Wildman–Crippen LogP) is 6.93. The van der Waals surface area contributed by atoms with Crippen molar-refractivity contribution in [2.24, 2.45) is 0 Å². The molecule has 0 radical (unpaired) electrons. The SMILES string of the molecule is O=C(NC[C@@H](O)C(=O)O)c1ccc(CN(C(=O)Nc2cc(Br)cc(C(F)(F)F)c2)c2ccc(C3CCCCC3)cc2)cc1. The molecule has 4 N–H and O–H groups in total. The maximum atomic E-state index is 13.5. The number of aliphatic hydroxyl groups excluding tert-OH is 1. The van der Waals surface area contributed by atoms with Crippen molar-refractivity contribution in [1.82, 2.24) is 5.32 Å². The van der Waals surface area contributed by atoms with Crippen molar-refractivity contribution in [3.05, 3.63) is 93.5 Å². The van der Waals surface area contributed by atoms with Crippen LogP contribution in [0.5, 0.6) is 0 Å². The Bertz CT molecular complexity index is 1440. The van der Waals surface area contributed by atoms with Crippen LogP contribution in [0, 0.1) is 0 Å². The van der Waals surface area contributed by atoms with E-state index in [1.54, 1.807) is 12.1 Å². The fourth-order valence-electron chi connectivity index (χ4n) is 4.98. The minimum absolute atomic E-state index is 0.0360. The van der Waals surface area contributed by atoms with Crippen LogP contribution in [-0.2, 0) is 17.5 Å². The largest absolute Gasteiger partial charge is 0.479 e. The van der Waals surface area contributed by atoms with Crippen LogP contribution in [0.1, 0.15) is 65.1 Å². The molecule has 1 atom stereocenters. The van der Waals surface area contributed by atoms with E-state index < -0.39 is 42.3 Å². The van der Waals surface area contributed by atoms with Crippen LogP contribution >= 0.6 is 15.9 Å². The number of aliphatic carboxylic acids is 1. The van der Waals surface area contributed by atoms with E-state index >= 15 is 0 Å². The molecule has 1 saturated carbocycles. The summed E-state index contributed by atoms with van der Waals surface area (Å²) < 4.78 is 40.3. The number of anilines is 2. The molecule has 0 heterocycles. The molecule has 0 aliphatic heterocycles. The zero-order valence-electron chi connectivity index (χ0n) is 23.0. The van der Waals surface area contributed by atoms with Crippen molar-refractivity contribution in [1.29, 1.82) is 0 Å². The molecule has 0 unspecified atom stereocenters. The number of urea groups is 1. The molecule has 0 bridgehead atoms. The fraction of sp³-hybridized carbons (Fsp3) is 0.323. The van der Waals surface area contributed by atoms with Gasteiger partial charge >= 0.3 is 18.2 Å². The van der Waals surface area contributed by atoms with Crippen LogP contribution in [0.3, 0.4) is 0 Å². The summed E-state index contributed by atoms with van der Waals surface area (Å²) in [6.45, 7) is -0.430. The van der Waals surface area contributed by atoms with Gasteiger partial charge in [0.25, 0.3) is 5.91 Å². The van der Waals surface area contributed by atoms with Crippen LogP contribution in [0.25, 0.3) is 0 Å². The summed E-state index contributed by atoms with van der Waals surface area (Å²) in [5.41, 5.74) is 1.60. The summed E-state index contributed by atoms with van der Waals surface area (Å²) in [6.07, 6.45) is -0.580. The van der Waals surface area contributed by atoms with Gasteiger partial charge in [-0.05, 0) is 72.4 Å². The van der Waals surface area contributed by atoms with Crippen molar-refractivity contribution in [3.63, 3.8) is 0 Å². The lowest BCUT2D eigenvalue weighted by Crippen LogP contribution is -2.36. The lowest BCUT2D eigenvalue weighted by atomic mass is 9.84. The molecule has 0 spiro atoms. The maximum absolute atomic E-state index is 13.5. The number of hydrogen-bond donors (Lipinski definition) is 4. The van der Waals surface area contributed by atoms with Gasteiger partial charge in [0.05, 0.1) is 18.7 Å². The number of nitrogens with zero attached hydrogens (tertiary/aromatic N) is 1. The van der Waals surface area contributed by atoms with E-state index in [0.717, 1.165) is 25.0 Å². The third-order valence-corrected chi connectivity index (χ3v) is 7.76. The second-order valence-electron chi connectivity index (χ2n) is 10.4. The lowest BCUT2D eigenvalue weighted by molar-refractivity contribution is -0.146. The number of carbonyl (C=O) groups is 3. The molecule has 3 amide bonds.